The van der Waals surface area contributed by atoms with Crippen molar-refractivity contribution >= 4 is 5.83 Å². The van der Waals surface area contributed by atoms with Crippen molar-refractivity contribution in [2.24, 2.45) is 0 Å². The van der Waals surface area contributed by atoms with Gasteiger partial charge in [0.2, 0.25) is 0 Å². The zero-order chi connectivity index (χ0) is 29.9. The highest BCUT2D eigenvalue weighted by Crippen LogP contribution is 2.38. The molecule has 0 saturated heterocycles. The van der Waals surface area contributed by atoms with E-state index in [2.05, 4.69) is 0 Å². The second-order valence-electron chi connectivity index (χ2n) is 9.49. The molecule has 0 aromatic heterocycles. The number of hydrogen-bond acceptors (Lipinski definition) is 0. The maximum absolute atomic E-state index is 14.9. The molecule has 0 N–H and O–H groups in total. The van der Waals surface area contributed by atoms with Crippen LogP contribution in [0.1, 0.15) is 42.0 Å². The highest BCUT2D eigenvalue weighted by Gasteiger charge is 2.38. The number of allylic oxidation sites excluding steroid dienone is 1. The molecule has 0 nitrogen and oxygen atoms in total. The molecule has 0 amide bonds. The van der Waals surface area contributed by atoms with Crippen LogP contribution in [-0.2, 0) is 19.0 Å². The summed E-state index contributed by atoms with van der Waals surface area (Å²) in [7, 11) is 0. The van der Waals surface area contributed by atoms with Gasteiger partial charge in [-0.2, -0.15) is 13.2 Å². The Kier molecular flexibility index (Phi) is 8.95. The van der Waals surface area contributed by atoms with Crippen LogP contribution in [0.15, 0.2) is 78.6 Å². The van der Waals surface area contributed by atoms with Crippen LogP contribution in [0.25, 0.3) is 28.1 Å². The van der Waals surface area contributed by atoms with E-state index in [1.54, 1.807) is 43.3 Å². The Labute approximate surface area is 230 Å². The molecule has 0 atom stereocenters. The van der Waals surface area contributed by atoms with Crippen LogP contribution in [0.3, 0.4) is 0 Å². The molecule has 4 aromatic carbocycles. The molecule has 0 unspecified atom stereocenters. The van der Waals surface area contributed by atoms with E-state index in [0.717, 1.165) is 23.3 Å². The summed E-state index contributed by atoms with van der Waals surface area (Å²) >= 11 is 0. The summed E-state index contributed by atoms with van der Waals surface area (Å²) in [6, 6.07) is 15.5. The van der Waals surface area contributed by atoms with Gasteiger partial charge in [-0.1, -0.05) is 55.5 Å². The smallest absolute Gasteiger partial charge is 0.209 e. The van der Waals surface area contributed by atoms with Crippen molar-refractivity contribution in [1.82, 2.24) is 0 Å². The zero-order valence-electron chi connectivity index (χ0n) is 21.7. The Balaban J connectivity index is 1.48. The van der Waals surface area contributed by atoms with Gasteiger partial charge in [0, 0.05) is 12.0 Å². The third-order valence-corrected chi connectivity index (χ3v) is 6.56. The lowest BCUT2D eigenvalue weighted by Crippen LogP contribution is -2.11. The summed E-state index contributed by atoms with van der Waals surface area (Å²) in [4.78, 5) is 0. The quantitative estimate of drug-likeness (QED) is 0.183. The van der Waals surface area contributed by atoms with E-state index in [1.807, 2.05) is 0 Å². The van der Waals surface area contributed by atoms with Crippen molar-refractivity contribution in [2.45, 2.75) is 38.8 Å². The normalized spacial score (nSPS) is 12.4. The van der Waals surface area contributed by atoms with Gasteiger partial charge in [-0.15, -0.1) is 0 Å². The lowest BCUT2D eigenvalue weighted by Gasteiger charge is -2.13. The van der Waals surface area contributed by atoms with Gasteiger partial charge in [0.25, 0.3) is 0 Å². The van der Waals surface area contributed by atoms with Crippen LogP contribution in [0.2, 0.25) is 0 Å². The van der Waals surface area contributed by atoms with Gasteiger partial charge < -0.3 is 0 Å². The van der Waals surface area contributed by atoms with Gasteiger partial charge in [-0.25, -0.2) is 26.3 Å². The van der Waals surface area contributed by atoms with Gasteiger partial charge in [-0.3, -0.25) is 0 Å². The van der Waals surface area contributed by atoms with E-state index in [1.165, 1.54) is 12.1 Å². The van der Waals surface area contributed by atoms with E-state index < -0.39 is 57.8 Å². The first-order valence-corrected chi connectivity index (χ1v) is 12.7. The maximum atomic E-state index is 14.9. The summed E-state index contributed by atoms with van der Waals surface area (Å²) < 4.78 is 124. The van der Waals surface area contributed by atoms with Crippen molar-refractivity contribution in [3.8, 4) is 22.3 Å². The second-order valence-corrected chi connectivity index (χ2v) is 9.49. The molecule has 0 heterocycles. The van der Waals surface area contributed by atoms with Crippen LogP contribution in [0, 0.1) is 23.3 Å². The molecule has 0 aliphatic heterocycles. The zero-order valence-corrected chi connectivity index (χ0v) is 21.7. The third kappa shape index (κ3) is 6.84. The second kappa shape index (κ2) is 12.2. The Hall–Kier alpha value is -4.01. The number of halogens is 9. The maximum Gasteiger partial charge on any atom is 0.422 e. The average Bonchev–Trinajstić information content (AvgIpc) is 2.90. The molecule has 4 rings (SSSR count). The summed E-state index contributed by atoms with van der Waals surface area (Å²) in [5.41, 5.74) is -1.19. The molecule has 214 valence electrons. The van der Waals surface area contributed by atoms with Gasteiger partial charge in [-0.05, 0) is 71.3 Å². The Morgan fingerprint density at radius 2 is 1.07 bits per heavy atom. The molecule has 0 spiro atoms. The van der Waals surface area contributed by atoms with Crippen LogP contribution in [0.4, 0.5) is 39.5 Å². The molecular formula is C32H23F9. The molecule has 0 radical (unpaired) electrons. The molecule has 4 aromatic rings. The van der Waals surface area contributed by atoms with E-state index in [9.17, 15) is 39.5 Å². The topological polar surface area (TPSA) is 0 Å². The summed E-state index contributed by atoms with van der Waals surface area (Å²) in [5, 5.41) is 0. The molecule has 0 saturated carbocycles. The lowest BCUT2D eigenvalue weighted by molar-refractivity contribution is -0.142. The van der Waals surface area contributed by atoms with Crippen LogP contribution >= 0.6 is 0 Å². The SMILES string of the molecule is CCCC(F)=C(F)c1ccc(CCc2ccc(-c3cc(F)c(-c4cc(F)c(C(F)(F)F)c(F)c4)c(F)c3)cc2)cc1. The lowest BCUT2D eigenvalue weighted by atomic mass is 9.96. The Morgan fingerprint density at radius 1 is 0.610 bits per heavy atom. The molecule has 0 fully saturated rings. The van der Waals surface area contributed by atoms with E-state index in [0.29, 0.717) is 24.8 Å². The highest BCUT2D eigenvalue weighted by molar-refractivity contribution is 5.72. The van der Waals surface area contributed by atoms with Crippen LogP contribution in [0.5, 0.6) is 0 Å². The van der Waals surface area contributed by atoms with Crippen molar-refractivity contribution in [2.75, 3.05) is 0 Å². The van der Waals surface area contributed by atoms with Gasteiger partial charge in [0.05, 0.1) is 5.56 Å². The molecule has 0 aliphatic rings. The van der Waals surface area contributed by atoms with Crippen LogP contribution < -0.4 is 0 Å². The van der Waals surface area contributed by atoms with E-state index >= 15 is 0 Å². The Morgan fingerprint density at radius 3 is 1.54 bits per heavy atom. The Bertz CT molecular complexity index is 1520. The first-order valence-electron chi connectivity index (χ1n) is 12.7. The largest absolute Gasteiger partial charge is 0.422 e. The minimum absolute atomic E-state index is 0.0339. The minimum Gasteiger partial charge on any atom is -0.209 e. The molecular weight excluding hydrogens is 555 g/mol. The number of rotatable bonds is 8. The molecule has 0 aliphatic carbocycles. The fraction of sp³-hybridized carbons (Fsp3) is 0.188. The van der Waals surface area contributed by atoms with Crippen molar-refractivity contribution in [1.29, 1.82) is 0 Å². The fourth-order valence-electron chi connectivity index (χ4n) is 4.46. The van der Waals surface area contributed by atoms with E-state index in [4.69, 9.17) is 0 Å². The van der Waals surface area contributed by atoms with Gasteiger partial charge >= 0.3 is 6.18 Å². The summed E-state index contributed by atoms with van der Waals surface area (Å²) in [5.74, 6) is -8.01. The van der Waals surface area contributed by atoms with Crippen molar-refractivity contribution < 1.29 is 39.5 Å². The van der Waals surface area contributed by atoms with Gasteiger partial charge in [0.15, 0.2) is 5.83 Å². The fourth-order valence-corrected chi connectivity index (χ4v) is 4.46. The predicted molar refractivity (Wildman–Crippen MR) is 140 cm³/mol. The van der Waals surface area contributed by atoms with E-state index in [-0.39, 0.29) is 29.7 Å². The number of alkyl halides is 3. The summed E-state index contributed by atoms with van der Waals surface area (Å²) in [6.45, 7) is 1.76. The first-order chi connectivity index (χ1) is 19.4. The molecule has 0 bridgehead atoms. The third-order valence-electron chi connectivity index (χ3n) is 6.56. The van der Waals surface area contributed by atoms with Crippen molar-refractivity contribution in [3.05, 3.63) is 124 Å². The first kappa shape index (κ1) is 30.0. The number of hydrogen-bond donors (Lipinski definition) is 0. The standard InChI is InChI=1S/C32H23F9/c1-2-3-24(33)31(38)21-12-8-19(9-13-21)5-4-18-6-10-20(11-7-18)22-14-25(34)29(26(35)15-22)23-16-27(36)30(28(37)17-23)32(39,40)41/h6-17H,2-5H2,1H3. The van der Waals surface area contributed by atoms with Crippen molar-refractivity contribution in [3.63, 3.8) is 0 Å². The number of benzene rings is 4. The number of aryl methyl sites for hydroxylation is 2. The monoisotopic (exact) mass is 578 g/mol. The van der Waals surface area contributed by atoms with Crippen LogP contribution in [-0.4, -0.2) is 0 Å². The molecule has 9 heteroatoms. The van der Waals surface area contributed by atoms with Gasteiger partial charge in [0.1, 0.15) is 34.7 Å². The predicted octanol–water partition coefficient (Wildman–Crippen LogP) is 10.8. The highest BCUT2D eigenvalue weighted by atomic mass is 19.4. The minimum atomic E-state index is -5.31. The summed E-state index contributed by atoms with van der Waals surface area (Å²) in [6.07, 6.45) is -3.59. The molecule has 41 heavy (non-hydrogen) atoms. The average molecular weight is 579 g/mol.